The molecular weight excluding hydrogens is 435 g/mol. The summed E-state index contributed by atoms with van der Waals surface area (Å²) in [6, 6.07) is 3.37. The predicted molar refractivity (Wildman–Crippen MR) is 95.0 cm³/mol. The van der Waals surface area contributed by atoms with E-state index in [0.717, 1.165) is 35.4 Å². The first-order valence-corrected chi connectivity index (χ1v) is 8.68. The van der Waals surface area contributed by atoms with Crippen molar-refractivity contribution in [3.63, 3.8) is 0 Å². The molecule has 1 fully saturated rings. The Hall–Kier alpha value is -3.31. The zero-order chi connectivity index (χ0) is 23.0. The lowest BCUT2D eigenvalue weighted by Gasteiger charge is -2.40. The van der Waals surface area contributed by atoms with Crippen LogP contribution in [0.2, 0.25) is 0 Å². The van der Waals surface area contributed by atoms with Gasteiger partial charge >= 0.3 is 12.4 Å². The Bertz CT molecular complexity index is 981. The maximum atomic E-state index is 13.5. The van der Waals surface area contributed by atoms with Crippen molar-refractivity contribution in [2.45, 2.75) is 18.4 Å². The van der Waals surface area contributed by atoms with Gasteiger partial charge in [0.15, 0.2) is 5.83 Å². The molecule has 2 heterocycles. The van der Waals surface area contributed by atoms with Crippen LogP contribution in [0, 0.1) is 0 Å². The zero-order valence-electron chi connectivity index (χ0n) is 15.5. The number of carbonyl (C=O) groups is 1. The van der Waals surface area contributed by atoms with Gasteiger partial charge in [-0.2, -0.15) is 26.3 Å². The molecule has 0 aliphatic carbocycles. The molecule has 0 radical (unpaired) electrons. The van der Waals surface area contributed by atoms with Crippen molar-refractivity contribution in [1.29, 1.82) is 0 Å². The molecule has 3 rings (SSSR count). The van der Waals surface area contributed by atoms with Crippen LogP contribution in [0.5, 0.6) is 11.6 Å². The molecule has 1 aliphatic heterocycles. The summed E-state index contributed by atoms with van der Waals surface area (Å²) in [5, 5.41) is 2.57. The van der Waals surface area contributed by atoms with Gasteiger partial charge in [0.25, 0.3) is 5.91 Å². The van der Waals surface area contributed by atoms with Crippen LogP contribution in [0.1, 0.15) is 11.1 Å². The minimum absolute atomic E-state index is 0.0896. The van der Waals surface area contributed by atoms with E-state index in [4.69, 9.17) is 4.74 Å². The van der Waals surface area contributed by atoms with E-state index < -0.39 is 52.8 Å². The third kappa shape index (κ3) is 5.06. The second-order valence-corrected chi connectivity index (χ2v) is 6.62. The number of anilines is 1. The van der Waals surface area contributed by atoms with Crippen molar-refractivity contribution in [2.75, 3.05) is 18.4 Å². The number of pyridine rings is 1. The number of ether oxygens (including phenoxy) is 1. The molecule has 1 aromatic carbocycles. The van der Waals surface area contributed by atoms with Gasteiger partial charge in [0.2, 0.25) is 5.88 Å². The zero-order valence-corrected chi connectivity index (χ0v) is 15.5. The van der Waals surface area contributed by atoms with Gasteiger partial charge in [0.1, 0.15) is 11.4 Å². The minimum atomic E-state index is -4.80. The third-order valence-corrected chi connectivity index (χ3v) is 4.37. The Morgan fingerprint density at radius 2 is 1.68 bits per heavy atom. The van der Waals surface area contributed by atoms with Crippen LogP contribution in [0.15, 0.2) is 48.9 Å². The number of amides is 1. The number of hydrogen-bond donors (Lipinski definition) is 1. The maximum absolute atomic E-state index is 13.5. The maximum Gasteiger partial charge on any atom is 0.418 e. The number of aromatic nitrogens is 1. The number of alkyl halides is 6. The SMILES string of the molecule is C=C(F)C(=O)N1CC(Nc2c(C(F)(F)F)ccnc2Oc2ccc(C(F)(F)F)cc2)C1. The molecule has 0 saturated carbocycles. The first kappa shape index (κ1) is 22.4. The summed E-state index contributed by atoms with van der Waals surface area (Å²) in [5.41, 5.74) is -2.63. The molecule has 0 spiro atoms. The Morgan fingerprint density at radius 3 is 2.19 bits per heavy atom. The van der Waals surface area contributed by atoms with Crippen molar-refractivity contribution in [2.24, 2.45) is 0 Å². The Balaban J connectivity index is 1.84. The molecule has 0 bridgehead atoms. The third-order valence-electron chi connectivity index (χ3n) is 4.37. The lowest BCUT2D eigenvalue weighted by atomic mass is 10.1. The lowest BCUT2D eigenvalue weighted by Crippen LogP contribution is -2.57. The number of likely N-dealkylation sites (tertiary alicyclic amines) is 1. The Morgan fingerprint density at radius 1 is 1.06 bits per heavy atom. The number of halogens is 7. The molecule has 31 heavy (non-hydrogen) atoms. The van der Waals surface area contributed by atoms with Crippen LogP contribution in [-0.2, 0) is 17.1 Å². The summed E-state index contributed by atoms with van der Waals surface area (Å²) in [7, 11) is 0. The van der Waals surface area contributed by atoms with E-state index in [1.54, 1.807) is 0 Å². The number of nitrogens with one attached hydrogen (secondary N) is 1. The molecule has 166 valence electrons. The molecule has 1 aliphatic rings. The topological polar surface area (TPSA) is 54.5 Å². The molecule has 5 nitrogen and oxygen atoms in total. The monoisotopic (exact) mass is 449 g/mol. The molecule has 1 amide bonds. The smallest absolute Gasteiger partial charge is 0.418 e. The molecular formula is C19H14F7N3O2. The van der Waals surface area contributed by atoms with Crippen LogP contribution < -0.4 is 10.1 Å². The minimum Gasteiger partial charge on any atom is -0.437 e. The second-order valence-electron chi connectivity index (χ2n) is 6.62. The van der Waals surface area contributed by atoms with Gasteiger partial charge in [-0.3, -0.25) is 4.79 Å². The van der Waals surface area contributed by atoms with E-state index in [9.17, 15) is 35.5 Å². The number of nitrogens with zero attached hydrogens (tertiary/aromatic N) is 2. The number of benzene rings is 1. The summed E-state index contributed by atoms with van der Waals surface area (Å²) < 4.78 is 96.6. The van der Waals surface area contributed by atoms with E-state index in [1.807, 2.05) is 0 Å². The van der Waals surface area contributed by atoms with Crippen LogP contribution >= 0.6 is 0 Å². The first-order chi connectivity index (χ1) is 14.4. The average molecular weight is 449 g/mol. The van der Waals surface area contributed by atoms with Gasteiger partial charge in [0, 0.05) is 19.3 Å². The fraction of sp³-hybridized carbons (Fsp3) is 0.263. The number of hydrogen-bond acceptors (Lipinski definition) is 4. The normalized spacial score (nSPS) is 14.7. The standard InChI is InChI=1S/C19H14F7N3O2/c1-10(20)17(30)29-8-12(9-29)28-15-14(19(24,25)26)6-7-27-16(15)31-13-4-2-11(3-5-13)18(21,22)23/h2-7,12,28H,1,8-9H2. The highest BCUT2D eigenvalue weighted by atomic mass is 19.4. The van der Waals surface area contributed by atoms with Crippen molar-refractivity contribution in [1.82, 2.24) is 9.88 Å². The molecule has 12 heteroatoms. The fourth-order valence-corrected chi connectivity index (χ4v) is 2.83. The Kier molecular flexibility index (Phi) is 5.83. The van der Waals surface area contributed by atoms with Gasteiger partial charge in [0.05, 0.1) is 17.2 Å². The number of carbonyl (C=O) groups excluding carboxylic acids is 1. The highest BCUT2D eigenvalue weighted by Gasteiger charge is 2.39. The average Bonchev–Trinajstić information content (AvgIpc) is 2.63. The molecule has 0 atom stereocenters. The second kappa shape index (κ2) is 8.08. The van der Waals surface area contributed by atoms with Crippen molar-refractivity contribution >= 4 is 11.6 Å². The molecule has 0 unspecified atom stereocenters. The van der Waals surface area contributed by atoms with E-state index in [0.29, 0.717) is 6.07 Å². The highest BCUT2D eigenvalue weighted by Crippen LogP contribution is 2.41. The van der Waals surface area contributed by atoms with E-state index in [-0.39, 0.29) is 18.8 Å². The van der Waals surface area contributed by atoms with Crippen LogP contribution in [0.3, 0.4) is 0 Å². The van der Waals surface area contributed by atoms with Crippen LogP contribution in [0.4, 0.5) is 36.4 Å². The summed E-state index contributed by atoms with van der Waals surface area (Å²) in [5.74, 6) is -2.85. The van der Waals surface area contributed by atoms with E-state index in [1.165, 1.54) is 0 Å². The van der Waals surface area contributed by atoms with Crippen LogP contribution in [0.25, 0.3) is 0 Å². The van der Waals surface area contributed by atoms with Crippen LogP contribution in [-0.4, -0.2) is 34.9 Å². The Labute approximate surface area is 171 Å². The largest absolute Gasteiger partial charge is 0.437 e. The molecule has 1 aromatic heterocycles. The van der Waals surface area contributed by atoms with E-state index in [2.05, 4.69) is 16.9 Å². The van der Waals surface area contributed by atoms with E-state index >= 15 is 0 Å². The quantitative estimate of drug-likeness (QED) is 0.515. The lowest BCUT2D eigenvalue weighted by molar-refractivity contribution is -0.138. The van der Waals surface area contributed by atoms with Gasteiger partial charge in [-0.05, 0) is 30.3 Å². The summed E-state index contributed by atoms with van der Waals surface area (Å²) >= 11 is 0. The van der Waals surface area contributed by atoms with Crippen molar-refractivity contribution < 1.29 is 40.3 Å². The van der Waals surface area contributed by atoms with Gasteiger partial charge in [-0.25, -0.2) is 9.37 Å². The van der Waals surface area contributed by atoms with Crippen molar-refractivity contribution in [3.8, 4) is 11.6 Å². The summed E-state index contributed by atoms with van der Waals surface area (Å²) in [6.07, 6.45) is -8.54. The van der Waals surface area contributed by atoms with Gasteiger partial charge < -0.3 is 15.0 Å². The first-order valence-electron chi connectivity index (χ1n) is 8.68. The number of rotatable bonds is 5. The molecule has 2 aromatic rings. The van der Waals surface area contributed by atoms with Gasteiger partial charge in [-0.1, -0.05) is 6.58 Å². The van der Waals surface area contributed by atoms with Crippen molar-refractivity contribution in [3.05, 3.63) is 60.1 Å². The predicted octanol–water partition coefficient (Wildman–Crippen LogP) is 5.02. The highest BCUT2D eigenvalue weighted by molar-refractivity contribution is 5.91. The molecule has 1 saturated heterocycles. The van der Waals surface area contributed by atoms with Gasteiger partial charge in [-0.15, -0.1) is 0 Å². The fourth-order valence-electron chi connectivity index (χ4n) is 2.83. The summed E-state index contributed by atoms with van der Waals surface area (Å²) in [4.78, 5) is 16.3. The molecule has 1 N–H and O–H groups in total. The summed E-state index contributed by atoms with van der Waals surface area (Å²) in [6.45, 7) is 2.69.